The van der Waals surface area contributed by atoms with Gasteiger partial charge in [-0.2, -0.15) is 0 Å². The minimum absolute atomic E-state index is 0.601. The van der Waals surface area contributed by atoms with E-state index in [0.29, 0.717) is 0 Å². The van der Waals surface area contributed by atoms with Crippen molar-refractivity contribution in [2.75, 3.05) is 27.2 Å². The number of carboxylic acids is 1. The molecule has 4 heteroatoms. The van der Waals surface area contributed by atoms with E-state index >= 15 is 0 Å². The Morgan fingerprint density at radius 2 is 2.15 bits per heavy atom. The van der Waals surface area contributed by atoms with Crippen molar-refractivity contribution in [2.45, 2.75) is 24.8 Å². The fraction of sp³-hybridized carbons (Fsp3) is 0.889. The minimum Gasteiger partial charge on any atom is -0.480 e. The van der Waals surface area contributed by atoms with Gasteiger partial charge in [0.15, 0.2) is 0 Å². The van der Waals surface area contributed by atoms with Crippen molar-refractivity contribution in [2.24, 2.45) is 0 Å². The van der Waals surface area contributed by atoms with E-state index in [4.69, 9.17) is 5.11 Å². The van der Waals surface area contributed by atoms with E-state index in [2.05, 4.69) is 5.32 Å². The van der Waals surface area contributed by atoms with Crippen molar-refractivity contribution in [3.8, 4) is 0 Å². The lowest BCUT2D eigenvalue weighted by Gasteiger charge is -2.38. The van der Waals surface area contributed by atoms with E-state index < -0.39 is 11.5 Å². The monoisotopic (exact) mass is 186 g/mol. The van der Waals surface area contributed by atoms with Crippen LogP contribution in [0.15, 0.2) is 0 Å². The molecule has 76 valence electrons. The second kappa shape index (κ2) is 4.07. The Morgan fingerprint density at radius 1 is 1.54 bits per heavy atom. The van der Waals surface area contributed by atoms with Crippen molar-refractivity contribution < 1.29 is 9.90 Å². The van der Waals surface area contributed by atoms with Crippen molar-refractivity contribution in [3.63, 3.8) is 0 Å². The highest BCUT2D eigenvalue weighted by Crippen LogP contribution is 2.31. The van der Waals surface area contributed by atoms with Gasteiger partial charge in [-0.05, 0) is 33.4 Å². The lowest BCUT2D eigenvalue weighted by atomic mass is 9.77. The lowest BCUT2D eigenvalue weighted by molar-refractivity contribution is -0.148. The molecular weight excluding hydrogens is 168 g/mol. The molecule has 0 aromatic heterocycles. The number of nitrogens with one attached hydrogen (secondary N) is 1. The number of carbonyl (C=O) groups is 1. The first-order valence-electron chi connectivity index (χ1n) is 4.70. The molecule has 0 spiro atoms. The SMILES string of the molecule is CN(C)CCNC1(C(=O)O)CCC1. The molecule has 0 atom stereocenters. The van der Waals surface area contributed by atoms with Crippen LogP contribution < -0.4 is 5.32 Å². The molecule has 1 saturated carbocycles. The number of rotatable bonds is 5. The van der Waals surface area contributed by atoms with E-state index in [1.807, 2.05) is 19.0 Å². The minimum atomic E-state index is -0.697. The van der Waals surface area contributed by atoms with Crippen LogP contribution in [0, 0.1) is 0 Å². The standard InChI is InChI=1S/C9H18N2O2/c1-11(2)7-6-10-9(8(12)13)4-3-5-9/h10H,3-7H2,1-2H3,(H,12,13). The zero-order valence-electron chi connectivity index (χ0n) is 8.34. The van der Waals surface area contributed by atoms with Crippen LogP contribution in [0.4, 0.5) is 0 Å². The summed E-state index contributed by atoms with van der Waals surface area (Å²) in [5.41, 5.74) is -0.601. The summed E-state index contributed by atoms with van der Waals surface area (Å²) >= 11 is 0. The molecule has 0 amide bonds. The Morgan fingerprint density at radius 3 is 2.46 bits per heavy atom. The molecule has 0 aliphatic heterocycles. The quantitative estimate of drug-likeness (QED) is 0.641. The Hall–Kier alpha value is -0.610. The molecular formula is C9H18N2O2. The van der Waals surface area contributed by atoms with E-state index in [9.17, 15) is 4.79 Å². The van der Waals surface area contributed by atoms with Gasteiger partial charge in [-0.1, -0.05) is 0 Å². The maximum Gasteiger partial charge on any atom is 0.323 e. The topological polar surface area (TPSA) is 52.6 Å². The van der Waals surface area contributed by atoms with Gasteiger partial charge in [0.25, 0.3) is 0 Å². The molecule has 0 heterocycles. The smallest absolute Gasteiger partial charge is 0.323 e. The third-order valence-corrected chi connectivity index (χ3v) is 2.64. The fourth-order valence-corrected chi connectivity index (χ4v) is 1.52. The molecule has 0 aromatic rings. The van der Waals surface area contributed by atoms with Crippen LogP contribution in [0.1, 0.15) is 19.3 Å². The van der Waals surface area contributed by atoms with Crippen LogP contribution in [0.25, 0.3) is 0 Å². The molecule has 1 rings (SSSR count). The zero-order valence-corrected chi connectivity index (χ0v) is 8.34. The molecule has 0 bridgehead atoms. The molecule has 0 radical (unpaired) electrons. The van der Waals surface area contributed by atoms with Crippen molar-refractivity contribution in [1.82, 2.24) is 10.2 Å². The second-order valence-corrected chi connectivity index (χ2v) is 3.97. The predicted octanol–water partition coefficient (Wildman–Crippen LogP) is 0.145. The molecule has 0 aromatic carbocycles. The average molecular weight is 186 g/mol. The lowest BCUT2D eigenvalue weighted by Crippen LogP contribution is -2.58. The van der Waals surface area contributed by atoms with Crippen LogP contribution in [-0.2, 0) is 4.79 Å². The summed E-state index contributed by atoms with van der Waals surface area (Å²) < 4.78 is 0. The summed E-state index contributed by atoms with van der Waals surface area (Å²) in [6, 6.07) is 0. The molecule has 4 nitrogen and oxygen atoms in total. The molecule has 2 N–H and O–H groups in total. The summed E-state index contributed by atoms with van der Waals surface area (Å²) in [5, 5.41) is 12.1. The first-order chi connectivity index (χ1) is 6.07. The number of hydrogen-bond acceptors (Lipinski definition) is 3. The second-order valence-electron chi connectivity index (χ2n) is 3.97. The number of hydrogen-bond donors (Lipinski definition) is 2. The van der Waals surface area contributed by atoms with Gasteiger partial charge in [0.1, 0.15) is 5.54 Å². The highest BCUT2D eigenvalue weighted by molar-refractivity contribution is 5.79. The Kier molecular flexibility index (Phi) is 3.27. The van der Waals surface area contributed by atoms with Gasteiger partial charge in [0.2, 0.25) is 0 Å². The first-order valence-corrected chi connectivity index (χ1v) is 4.70. The molecule has 0 saturated heterocycles. The van der Waals surface area contributed by atoms with Gasteiger partial charge in [0.05, 0.1) is 0 Å². The highest BCUT2D eigenvalue weighted by Gasteiger charge is 2.43. The van der Waals surface area contributed by atoms with Crippen molar-refractivity contribution in [3.05, 3.63) is 0 Å². The maximum atomic E-state index is 10.9. The molecule has 1 fully saturated rings. The molecule has 0 unspecified atom stereocenters. The summed E-state index contributed by atoms with van der Waals surface area (Å²) in [4.78, 5) is 12.9. The Bertz CT molecular complexity index is 188. The van der Waals surface area contributed by atoms with E-state index in [1.165, 1.54) is 0 Å². The third-order valence-electron chi connectivity index (χ3n) is 2.64. The summed E-state index contributed by atoms with van der Waals surface area (Å²) in [6.45, 7) is 1.63. The van der Waals surface area contributed by atoms with E-state index in [-0.39, 0.29) is 0 Å². The molecule has 13 heavy (non-hydrogen) atoms. The van der Waals surface area contributed by atoms with Crippen LogP contribution in [0.3, 0.4) is 0 Å². The number of likely N-dealkylation sites (N-methyl/N-ethyl adjacent to an activating group) is 1. The van der Waals surface area contributed by atoms with Crippen LogP contribution in [-0.4, -0.2) is 48.7 Å². The van der Waals surface area contributed by atoms with Gasteiger partial charge in [-0.15, -0.1) is 0 Å². The van der Waals surface area contributed by atoms with Gasteiger partial charge in [0, 0.05) is 13.1 Å². The largest absolute Gasteiger partial charge is 0.480 e. The van der Waals surface area contributed by atoms with Gasteiger partial charge >= 0.3 is 5.97 Å². The van der Waals surface area contributed by atoms with E-state index in [1.54, 1.807) is 0 Å². The summed E-state index contributed by atoms with van der Waals surface area (Å²) in [7, 11) is 3.96. The highest BCUT2D eigenvalue weighted by atomic mass is 16.4. The molecule has 1 aliphatic carbocycles. The number of carboxylic acid groups (broad SMARTS) is 1. The number of nitrogens with zero attached hydrogens (tertiary/aromatic N) is 1. The van der Waals surface area contributed by atoms with E-state index in [0.717, 1.165) is 32.4 Å². The van der Waals surface area contributed by atoms with Gasteiger partial charge in [-0.25, -0.2) is 0 Å². The third kappa shape index (κ3) is 2.42. The van der Waals surface area contributed by atoms with Gasteiger partial charge < -0.3 is 15.3 Å². The normalized spacial score (nSPS) is 19.9. The summed E-state index contributed by atoms with van der Waals surface area (Å²) in [6.07, 6.45) is 2.58. The summed E-state index contributed by atoms with van der Waals surface area (Å²) in [5.74, 6) is -0.697. The molecule has 1 aliphatic rings. The van der Waals surface area contributed by atoms with Crippen molar-refractivity contribution >= 4 is 5.97 Å². The zero-order chi connectivity index (χ0) is 9.90. The average Bonchev–Trinajstić information content (AvgIpc) is 1.93. The Labute approximate surface area is 78.9 Å². The first kappa shape index (κ1) is 10.5. The maximum absolute atomic E-state index is 10.9. The fourth-order valence-electron chi connectivity index (χ4n) is 1.52. The van der Waals surface area contributed by atoms with Gasteiger partial charge in [-0.3, -0.25) is 4.79 Å². The van der Waals surface area contributed by atoms with Crippen LogP contribution in [0.5, 0.6) is 0 Å². The number of aliphatic carboxylic acids is 1. The van der Waals surface area contributed by atoms with Crippen molar-refractivity contribution in [1.29, 1.82) is 0 Å². The Balaban J connectivity index is 2.28. The van der Waals surface area contributed by atoms with Crippen LogP contribution in [0.2, 0.25) is 0 Å². The van der Waals surface area contributed by atoms with Crippen LogP contribution >= 0.6 is 0 Å². The predicted molar refractivity (Wildman–Crippen MR) is 50.8 cm³/mol.